The molecule has 0 heterocycles. The number of para-hydroxylation sites is 2. The molecule has 0 saturated heterocycles. The van der Waals surface area contributed by atoms with E-state index >= 15 is 0 Å². The van der Waals surface area contributed by atoms with Crippen LogP contribution in [0.3, 0.4) is 0 Å². The normalized spacial score (nSPS) is 10.4. The van der Waals surface area contributed by atoms with E-state index < -0.39 is 10.8 Å². The van der Waals surface area contributed by atoms with Gasteiger partial charge in [-0.05, 0) is 42.5 Å². The number of hydrogen-bond acceptors (Lipinski definition) is 5. The summed E-state index contributed by atoms with van der Waals surface area (Å²) in [7, 11) is 0. The van der Waals surface area contributed by atoms with Crippen LogP contribution in [-0.4, -0.2) is 16.7 Å². The first-order valence-electron chi connectivity index (χ1n) is 10.3. The molecule has 0 radical (unpaired) electrons. The van der Waals surface area contributed by atoms with Crippen LogP contribution in [0.1, 0.15) is 20.7 Å². The summed E-state index contributed by atoms with van der Waals surface area (Å²) in [5, 5.41) is 17.0. The van der Waals surface area contributed by atoms with Gasteiger partial charge in [-0.25, -0.2) is 0 Å². The lowest BCUT2D eigenvalue weighted by Gasteiger charge is -2.13. The van der Waals surface area contributed by atoms with Gasteiger partial charge in [0.2, 0.25) is 0 Å². The highest BCUT2D eigenvalue weighted by atomic mass is 32.2. The second kappa shape index (κ2) is 10.5. The van der Waals surface area contributed by atoms with Crippen LogP contribution in [0, 0.1) is 10.1 Å². The van der Waals surface area contributed by atoms with Crippen LogP contribution in [0.15, 0.2) is 113 Å². The van der Waals surface area contributed by atoms with Crippen LogP contribution in [-0.2, 0) is 0 Å². The minimum absolute atomic E-state index is 0.148. The molecule has 2 amide bonds. The first kappa shape index (κ1) is 22.8. The first-order valence-corrected chi connectivity index (χ1v) is 11.1. The number of nitrogens with one attached hydrogen (secondary N) is 2. The molecule has 7 nitrogen and oxygen atoms in total. The lowest BCUT2D eigenvalue weighted by molar-refractivity contribution is -0.385. The average Bonchev–Trinajstić information content (AvgIpc) is 2.85. The number of hydrogen-bond donors (Lipinski definition) is 2. The van der Waals surface area contributed by atoms with Crippen LogP contribution >= 0.6 is 11.8 Å². The predicted octanol–water partition coefficient (Wildman–Crippen LogP) is 6.25. The Morgan fingerprint density at radius 1 is 0.647 bits per heavy atom. The molecule has 4 rings (SSSR count). The van der Waals surface area contributed by atoms with Crippen molar-refractivity contribution in [3.8, 4) is 0 Å². The fourth-order valence-electron chi connectivity index (χ4n) is 3.20. The van der Waals surface area contributed by atoms with Crippen molar-refractivity contribution in [3.63, 3.8) is 0 Å². The maximum absolute atomic E-state index is 13.0. The van der Waals surface area contributed by atoms with Gasteiger partial charge in [-0.2, -0.15) is 0 Å². The Labute approximate surface area is 200 Å². The number of rotatable bonds is 7. The van der Waals surface area contributed by atoms with Crippen molar-refractivity contribution < 1.29 is 14.5 Å². The molecule has 4 aromatic rings. The van der Waals surface area contributed by atoms with Crippen molar-refractivity contribution in [2.24, 2.45) is 0 Å². The highest BCUT2D eigenvalue weighted by molar-refractivity contribution is 7.99. The van der Waals surface area contributed by atoms with Gasteiger partial charge < -0.3 is 10.6 Å². The van der Waals surface area contributed by atoms with Crippen LogP contribution in [0.5, 0.6) is 0 Å². The van der Waals surface area contributed by atoms with E-state index in [2.05, 4.69) is 10.6 Å². The lowest BCUT2D eigenvalue weighted by Crippen LogP contribution is -2.14. The number of nitro groups is 1. The van der Waals surface area contributed by atoms with Crippen molar-refractivity contribution in [2.45, 2.75) is 9.79 Å². The summed E-state index contributed by atoms with van der Waals surface area (Å²) in [6, 6.07) is 28.9. The van der Waals surface area contributed by atoms with Crippen LogP contribution < -0.4 is 10.6 Å². The Morgan fingerprint density at radius 3 is 1.71 bits per heavy atom. The number of benzene rings is 4. The zero-order valence-electron chi connectivity index (χ0n) is 17.8. The van der Waals surface area contributed by atoms with Gasteiger partial charge in [0.1, 0.15) is 0 Å². The minimum atomic E-state index is -0.517. The molecule has 34 heavy (non-hydrogen) atoms. The van der Waals surface area contributed by atoms with E-state index in [4.69, 9.17) is 0 Å². The van der Waals surface area contributed by atoms with Crippen LogP contribution in [0.25, 0.3) is 0 Å². The van der Waals surface area contributed by atoms with E-state index in [1.807, 2.05) is 24.3 Å². The zero-order valence-corrected chi connectivity index (χ0v) is 18.6. The third kappa shape index (κ3) is 5.48. The molecular weight excluding hydrogens is 450 g/mol. The summed E-state index contributed by atoms with van der Waals surface area (Å²) in [6.07, 6.45) is 0. The van der Waals surface area contributed by atoms with Gasteiger partial charge in [0.05, 0.1) is 16.1 Å². The molecule has 0 aliphatic heterocycles. The van der Waals surface area contributed by atoms with E-state index in [0.29, 0.717) is 26.7 Å². The van der Waals surface area contributed by atoms with E-state index in [1.54, 1.807) is 60.7 Å². The number of carbonyl (C=O) groups excluding carboxylic acids is 2. The Balaban J connectivity index is 1.66. The molecule has 0 spiro atoms. The SMILES string of the molecule is O=C(Nc1ccccc1)c1ccccc1Sc1cc([N+](=O)[O-])ccc1C(=O)Nc1ccccc1. The van der Waals surface area contributed by atoms with Gasteiger partial charge in [0.25, 0.3) is 17.5 Å². The fraction of sp³-hybridized carbons (Fsp3) is 0. The van der Waals surface area contributed by atoms with Gasteiger partial charge in [-0.15, -0.1) is 0 Å². The van der Waals surface area contributed by atoms with E-state index in [1.165, 1.54) is 18.2 Å². The molecule has 0 aliphatic carbocycles. The second-order valence-electron chi connectivity index (χ2n) is 7.18. The molecule has 0 atom stereocenters. The summed E-state index contributed by atoms with van der Waals surface area (Å²) in [6.45, 7) is 0. The largest absolute Gasteiger partial charge is 0.322 e. The predicted molar refractivity (Wildman–Crippen MR) is 132 cm³/mol. The number of amides is 2. The molecular formula is C26H19N3O4S. The summed E-state index contributed by atoms with van der Waals surface area (Å²) < 4.78 is 0. The number of nitrogens with zero attached hydrogens (tertiary/aromatic N) is 1. The summed E-state index contributed by atoms with van der Waals surface area (Å²) in [5.41, 5.74) is 1.75. The van der Waals surface area contributed by atoms with Gasteiger partial charge in [0, 0.05) is 33.3 Å². The smallest absolute Gasteiger partial charge is 0.270 e. The van der Waals surface area contributed by atoms with Crippen molar-refractivity contribution in [1.82, 2.24) is 0 Å². The number of non-ortho nitro benzene ring substituents is 1. The van der Waals surface area contributed by atoms with Gasteiger partial charge >= 0.3 is 0 Å². The third-order valence-electron chi connectivity index (χ3n) is 4.84. The highest BCUT2D eigenvalue weighted by Crippen LogP contribution is 2.35. The maximum Gasteiger partial charge on any atom is 0.270 e. The molecule has 2 N–H and O–H groups in total. The Kier molecular flexibility index (Phi) is 7.00. The fourth-order valence-corrected chi connectivity index (χ4v) is 4.30. The standard InChI is InChI=1S/C26H19N3O4S/c30-25(27-18-9-3-1-4-10-18)21-13-7-8-14-23(21)34-24-17-20(29(32)33)15-16-22(24)26(31)28-19-11-5-2-6-12-19/h1-17H,(H,27,30)(H,28,31). The highest BCUT2D eigenvalue weighted by Gasteiger charge is 2.20. The molecule has 0 saturated carbocycles. The van der Waals surface area contributed by atoms with Crippen LogP contribution in [0.4, 0.5) is 17.1 Å². The molecule has 8 heteroatoms. The van der Waals surface area contributed by atoms with Crippen molar-refractivity contribution in [1.29, 1.82) is 0 Å². The maximum atomic E-state index is 13.0. The minimum Gasteiger partial charge on any atom is -0.322 e. The molecule has 0 fully saturated rings. The molecule has 4 aromatic carbocycles. The molecule has 0 bridgehead atoms. The molecule has 0 aliphatic rings. The van der Waals surface area contributed by atoms with Crippen molar-refractivity contribution in [2.75, 3.05) is 10.6 Å². The third-order valence-corrected chi connectivity index (χ3v) is 5.97. The number of nitro benzene ring substituents is 1. The second-order valence-corrected chi connectivity index (χ2v) is 8.26. The topological polar surface area (TPSA) is 101 Å². The average molecular weight is 470 g/mol. The monoisotopic (exact) mass is 469 g/mol. The number of anilines is 2. The first-order chi connectivity index (χ1) is 16.5. The van der Waals surface area contributed by atoms with Crippen LogP contribution in [0.2, 0.25) is 0 Å². The zero-order chi connectivity index (χ0) is 23.9. The Morgan fingerprint density at radius 2 is 1.15 bits per heavy atom. The van der Waals surface area contributed by atoms with Gasteiger partial charge in [-0.3, -0.25) is 19.7 Å². The van der Waals surface area contributed by atoms with E-state index in [-0.39, 0.29) is 17.2 Å². The Bertz CT molecular complexity index is 1340. The molecule has 0 unspecified atom stereocenters. The quantitative estimate of drug-likeness (QED) is 0.246. The van der Waals surface area contributed by atoms with Crippen molar-refractivity contribution in [3.05, 3.63) is 124 Å². The summed E-state index contributed by atoms with van der Waals surface area (Å²) >= 11 is 1.12. The summed E-state index contributed by atoms with van der Waals surface area (Å²) in [5.74, 6) is -0.732. The van der Waals surface area contributed by atoms with E-state index in [9.17, 15) is 19.7 Å². The number of carbonyl (C=O) groups is 2. The molecule has 0 aromatic heterocycles. The lowest BCUT2D eigenvalue weighted by atomic mass is 10.2. The van der Waals surface area contributed by atoms with E-state index in [0.717, 1.165) is 11.8 Å². The Hall–Kier alpha value is -4.43. The van der Waals surface area contributed by atoms with Gasteiger partial charge in [0.15, 0.2) is 0 Å². The molecule has 168 valence electrons. The van der Waals surface area contributed by atoms with Gasteiger partial charge in [-0.1, -0.05) is 60.3 Å². The summed E-state index contributed by atoms with van der Waals surface area (Å²) in [4.78, 5) is 37.7. The van der Waals surface area contributed by atoms with Crippen molar-refractivity contribution >= 4 is 40.6 Å².